The van der Waals surface area contributed by atoms with Crippen molar-refractivity contribution in [3.63, 3.8) is 0 Å². The first-order valence-electron chi connectivity index (χ1n) is 6.01. The number of aromatic nitrogens is 1. The Morgan fingerprint density at radius 3 is 2.67 bits per heavy atom. The minimum atomic E-state index is -3.74. The molecular formula is C14H12ClN3O2S. The molecule has 0 saturated heterocycles. The Hall–Kier alpha value is -1.94. The molecule has 0 spiro atoms. The molecule has 1 aromatic carbocycles. The maximum atomic E-state index is 12.5. The zero-order chi connectivity index (χ0) is 15.5. The van der Waals surface area contributed by atoms with Gasteiger partial charge in [0.05, 0.1) is 28.9 Å². The highest BCUT2D eigenvalue weighted by atomic mass is 35.5. The summed E-state index contributed by atoms with van der Waals surface area (Å²) in [5.74, 6) is 0. The van der Waals surface area contributed by atoms with E-state index in [9.17, 15) is 8.42 Å². The number of hydrogen-bond acceptors (Lipinski definition) is 4. The number of sulfonamides is 1. The fourth-order valence-corrected chi connectivity index (χ4v) is 3.41. The highest BCUT2D eigenvalue weighted by molar-refractivity contribution is 7.89. The summed E-state index contributed by atoms with van der Waals surface area (Å²) in [4.78, 5) is 4.07. The summed E-state index contributed by atoms with van der Waals surface area (Å²) in [7, 11) is -2.28. The molecule has 0 aliphatic heterocycles. The monoisotopic (exact) mass is 321 g/mol. The second-order valence-electron chi connectivity index (χ2n) is 4.34. The van der Waals surface area contributed by atoms with Crippen LogP contribution < -0.4 is 0 Å². The predicted molar refractivity (Wildman–Crippen MR) is 79.1 cm³/mol. The first-order chi connectivity index (χ1) is 9.95. The predicted octanol–water partition coefficient (Wildman–Crippen LogP) is 2.43. The van der Waals surface area contributed by atoms with Crippen molar-refractivity contribution in [2.75, 3.05) is 7.05 Å². The number of pyridine rings is 1. The molecule has 0 atom stereocenters. The van der Waals surface area contributed by atoms with Crippen molar-refractivity contribution in [3.05, 3.63) is 58.9 Å². The molecule has 5 nitrogen and oxygen atoms in total. The van der Waals surface area contributed by atoms with Crippen LogP contribution in [0, 0.1) is 11.3 Å². The van der Waals surface area contributed by atoms with Gasteiger partial charge in [-0.25, -0.2) is 8.42 Å². The third kappa shape index (κ3) is 3.39. The van der Waals surface area contributed by atoms with Gasteiger partial charge < -0.3 is 0 Å². The molecule has 0 saturated carbocycles. The van der Waals surface area contributed by atoms with Gasteiger partial charge in [-0.1, -0.05) is 17.7 Å². The van der Waals surface area contributed by atoms with E-state index in [0.717, 1.165) is 0 Å². The maximum absolute atomic E-state index is 12.5. The summed E-state index contributed by atoms with van der Waals surface area (Å²) in [6, 6.07) is 11.3. The molecule has 21 heavy (non-hydrogen) atoms. The van der Waals surface area contributed by atoms with E-state index in [2.05, 4.69) is 4.98 Å². The number of halogens is 1. The fraction of sp³-hybridized carbons (Fsp3) is 0.143. The van der Waals surface area contributed by atoms with Crippen LogP contribution in [0.5, 0.6) is 0 Å². The van der Waals surface area contributed by atoms with Crippen LogP contribution in [0.3, 0.4) is 0 Å². The van der Waals surface area contributed by atoms with E-state index in [-0.39, 0.29) is 16.5 Å². The molecule has 0 radical (unpaired) electrons. The molecular weight excluding hydrogens is 310 g/mol. The minimum absolute atomic E-state index is 0.0263. The molecule has 0 N–H and O–H groups in total. The first-order valence-corrected chi connectivity index (χ1v) is 7.83. The highest BCUT2D eigenvalue weighted by Gasteiger charge is 2.24. The molecule has 0 unspecified atom stereocenters. The van der Waals surface area contributed by atoms with Crippen molar-refractivity contribution in [3.8, 4) is 6.07 Å². The summed E-state index contributed by atoms with van der Waals surface area (Å²) in [5.41, 5.74) is 0.944. The lowest BCUT2D eigenvalue weighted by molar-refractivity contribution is 0.462. The largest absolute Gasteiger partial charge is 0.260 e. The molecule has 2 aromatic rings. The molecule has 7 heteroatoms. The topological polar surface area (TPSA) is 74.1 Å². The zero-order valence-electron chi connectivity index (χ0n) is 11.2. The highest BCUT2D eigenvalue weighted by Crippen LogP contribution is 2.25. The van der Waals surface area contributed by atoms with Crippen LogP contribution in [0.15, 0.2) is 47.5 Å². The van der Waals surface area contributed by atoms with Crippen molar-refractivity contribution in [1.82, 2.24) is 9.29 Å². The Bertz CT molecular complexity index is 786. The van der Waals surface area contributed by atoms with Gasteiger partial charge in [-0.2, -0.15) is 9.57 Å². The lowest BCUT2D eigenvalue weighted by atomic mass is 10.2. The molecule has 0 fully saturated rings. The van der Waals surface area contributed by atoms with E-state index < -0.39 is 10.0 Å². The summed E-state index contributed by atoms with van der Waals surface area (Å²) >= 11 is 5.97. The minimum Gasteiger partial charge on any atom is -0.260 e. The van der Waals surface area contributed by atoms with Crippen LogP contribution in [0.2, 0.25) is 5.02 Å². The van der Waals surface area contributed by atoms with Gasteiger partial charge in [0, 0.05) is 13.2 Å². The number of benzene rings is 1. The molecule has 1 heterocycles. The van der Waals surface area contributed by atoms with Gasteiger partial charge in [0.15, 0.2) is 0 Å². The molecule has 0 bridgehead atoms. The lowest BCUT2D eigenvalue weighted by Gasteiger charge is -2.17. The van der Waals surface area contributed by atoms with Crippen LogP contribution in [-0.2, 0) is 16.6 Å². The first kappa shape index (κ1) is 15.4. The second kappa shape index (κ2) is 6.22. The van der Waals surface area contributed by atoms with Crippen molar-refractivity contribution < 1.29 is 8.42 Å². The van der Waals surface area contributed by atoms with Crippen molar-refractivity contribution in [1.29, 1.82) is 5.26 Å². The van der Waals surface area contributed by atoms with Crippen molar-refractivity contribution in [2.45, 2.75) is 11.4 Å². The molecule has 2 rings (SSSR count). The number of hydrogen-bond donors (Lipinski definition) is 0. The smallest absolute Gasteiger partial charge is 0.244 e. The van der Waals surface area contributed by atoms with Crippen molar-refractivity contribution in [2.24, 2.45) is 0 Å². The van der Waals surface area contributed by atoms with Gasteiger partial charge in [-0.3, -0.25) is 4.98 Å². The lowest BCUT2D eigenvalue weighted by Crippen LogP contribution is -2.27. The zero-order valence-corrected chi connectivity index (χ0v) is 12.8. The van der Waals surface area contributed by atoms with E-state index >= 15 is 0 Å². The Kier molecular flexibility index (Phi) is 4.58. The van der Waals surface area contributed by atoms with E-state index in [0.29, 0.717) is 11.3 Å². The molecule has 108 valence electrons. The number of nitrogens with zero attached hydrogens (tertiary/aromatic N) is 3. The third-order valence-electron chi connectivity index (χ3n) is 2.86. The van der Waals surface area contributed by atoms with Gasteiger partial charge in [-0.05, 0) is 30.3 Å². The number of nitriles is 1. The van der Waals surface area contributed by atoms with Crippen LogP contribution in [0.25, 0.3) is 0 Å². The van der Waals surface area contributed by atoms with Crippen molar-refractivity contribution >= 4 is 21.6 Å². The van der Waals surface area contributed by atoms with E-state index in [1.807, 2.05) is 6.07 Å². The maximum Gasteiger partial charge on any atom is 0.244 e. The Balaban J connectivity index is 2.32. The Labute approximate surface area is 128 Å². The molecule has 0 aliphatic carbocycles. The van der Waals surface area contributed by atoms with E-state index in [1.165, 1.54) is 29.6 Å². The Morgan fingerprint density at radius 1 is 1.33 bits per heavy atom. The SMILES string of the molecule is CN(Cc1ccccn1)S(=O)(=O)c1ccc(C#N)cc1Cl. The second-order valence-corrected chi connectivity index (χ2v) is 6.76. The van der Waals surface area contributed by atoms with E-state index in [4.69, 9.17) is 16.9 Å². The molecule has 0 amide bonds. The molecule has 1 aromatic heterocycles. The average molecular weight is 322 g/mol. The van der Waals surface area contributed by atoms with Crippen LogP contribution in [0.1, 0.15) is 11.3 Å². The van der Waals surface area contributed by atoms with Gasteiger partial charge in [0.25, 0.3) is 0 Å². The summed E-state index contributed by atoms with van der Waals surface area (Å²) < 4.78 is 26.1. The number of rotatable bonds is 4. The quantitative estimate of drug-likeness (QED) is 0.866. The summed E-state index contributed by atoms with van der Waals surface area (Å²) in [6.45, 7) is 0.138. The fourth-order valence-electron chi connectivity index (χ4n) is 1.75. The molecule has 0 aliphatic rings. The van der Waals surface area contributed by atoms with Gasteiger partial charge >= 0.3 is 0 Å². The average Bonchev–Trinajstić information content (AvgIpc) is 2.47. The van der Waals surface area contributed by atoms with E-state index in [1.54, 1.807) is 24.4 Å². The van der Waals surface area contributed by atoms with Crippen LogP contribution >= 0.6 is 11.6 Å². The third-order valence-corrected chi connectivity index (χ3v) is 5.15. The Morgan fingerprint density at radius 2 is 2.10 bits per heavy atom. The van der Waals surface area contributed by atoms with Gasteiger partial charge in [0.2, 0.25) is 10.0 Å². The van der Waals surface area contributed by atoms with Gasteiger partial charge in [-0.15, -0.1) is 0 Å². The normalized spacial score (nSPS) is 11.3. The summed E-state index contributed by atoms with van der Waals surface area (Å²) in [6.07, 6.45) is 1.60. The standard InChI is InChI=1S/C14H12ClN3O2S/c1-18(10-12-4-2-3-7-17-12)21(19,20)14-6-5-11(9-16)8-13(14)15/h2-8H,10H2,1H3. The summed E-state index contributed by atoms with van der Waals surface area (Å²) in [5, 5.41) is 8.81. The van der Waals surface area contributed by atoms with Crippen LogP contribution in [-0.4, -0.2) is 24.8 Å². The van der Waals surface area contributed by atoms with Gasteiger partial charge in [0.1, 0.15) is 4.90 Å². The van der Waals surface area contributed by atoms with Crippen LogP contribution in [0.4, 0.5) is 0 Å².